The Morgan fingerprint density at radius 1 is 1.45 bits per heavy atom. The molecule has 62 valence electrons. The van der Waals surface area contributed by atoms with Gasteiger partial charge in [-0.1, -0.05) is 20.8 Å². The van der Waals surface area contributed by atoms with E-state index in [0.29, 0.717) is 5.95 Å². The number of hydrogen-bond donors (Lipinski definition) is 1. The molecule has 1 rings (SSSR count). The van der Waals surface area contributed by atoms with Gasteiger partial charge in [0.1, 0.15) is 0 Å². The number of aromatic nitrogens is 2. The van der Waals surface area contributed by atoms with Gasteiger partial charge in [-0.25, -0.2) is 4.98 Å². The molecule has 1 heterocycles. The van der Waals surface area contributed by atoms with Crippen LogP contribution in [0.25, 0.3) is 0 Å². The highest BCUT2D eigenvalue weighted by Gasteiger charge is 2.18. The maximum absolute atomic E-state index is 5.59. The lowest BCUT2D eigenvalue weighted by Gasteiger charge is -2.18. The number of nitrogens with zero attached hydrogens (tertiary/aromatic N) is 2. The topological polar surface area (TPSA) is 43.8 Å². The molecule has 0 aromatic carbocycles. The first-order valence-electron chi connectivity index (χ1n) is 3.70. The number of hydrogen-bond acceptors (Lipinski definition) is 2. The molecule has 0 aliphatic carbocycles. The molecule has 0 amide bonds. The van der Waals surface area contributed by atoms with Crippen LogP contribution in [0.15, 0.2) is 6.20 Å². The zero-order chi connectivity index (χ0) is 8.65. The second-order valence-corrected chi connectivity index (χ2v) is 3.81. The van der Waals surface area contributed by atoms with Crippen molar-refractivity contribution in [3.8, 4) is 0 Å². The summed E-state index contributed by atoms with van der Waals surface area (Å²) in [6.45, 7) is 6.43. The molecule has 3 nitrogen and oxygen atoms in total. The van der Waals surface area contributed by atoms with E-state index >= 15 is 0 Å². The van der Waals surface area contributed by atoms with Crippen LogP contribution in [0.4, 0.5) is 5.95 Å². The highest BCUT2D eigenvalue weighted by Crippen LogP contribution is 2.22. The molecule has 3 heteroatoms. The van der Waals surface area contributed by atoms with Gasteiger partial charge in [0, 0.05) is 18.2 Å². The van der Waals surface area contributed by atoms with E-state index in [0.717, 1.165) is 5.69 Å². The number of nitrogens with two attached hydrogens (primary N) is 1. The molecule has 1 aromatic rings. The van der Waals surface area contributed by atoms with Crippen molar-refractivity contribution in [3.05, 3.63) is 11.9 Å². The van der Waals surface area contributed by atoms with Crippen LogP contribution in [0.1, 0.15) is 26.5 Å². The van der Waals surface area contributed by atoms with Gasteiger partial charge < -0.3 is 10.3 Å². The quantitative estimate of drug-likeness (QED) is 0.610. The molecular weight excluding hydrogens is 138 g/mol. The molecule has 2 N–H and O–H groups in total. The molecule has 11 heavy (non-hydrogen) atoms. The Hall–Kier alpha value is -0.990. The van der Waals surface area contributed by atoms with Gasteiger partial charge in [0.15, 0.2) is 5.95 Å². The lowest BCUT2D eigenvalue weighted by molar-refractivity contribution is 0.545. The summed E-state index contributed by atoms with van der Waals surface area (Å²) in [5.41, 5.74) is 6.88. The largest absolute Gasteiger partial charge is 0.369 e. The smallest absolute Gasteiger partial charge is 0.200 e. The van der Waals surface area contributed by atoms with Gasteiger partial charge in [0.05, 0.1) is 6.20 Å². The number of anilines is 1. The monoisotopic (exact) mass is 153 g/mol. The number of nitrogen functional groups attached to an aromatic ring is 1. The average Bonchev–Trinajstić information content (AvgIpc) is 2.11. The Morgan fingerprint density at radius 3 is 2.18 bits per heavy atom. The van der Waals surface area contributed by atoms with E-state index in [9.17, 15) is 0 Å². The van der Waals surface area contributed by atoms with Gasteiger partial charge in [-0.15, -0.1) is 0 Å². The van der Waals surface area contributed by atoms with Crippen molar-refractivity contribution < 1.29 is 0 Å². The molecule has 1 aromatic heterocycles. The van der Waals surface area contributed by atoms with Gasteiger partial charge in [0.2, 0.25) is 0 Å². The van der Waals surface area contributed by atoms with Crippen molar-refractivity contribution in [2.24, 2.45) is 7.05 Å². The van der Waals surface area contributed by atoms with Crippen LogP contribution in [0, 0.1) is 0 Å². The van der Waals surface area contributed by atoms with Gasteiger partial charge in [-0.3, -0.25) is 0 Å². The average molecular weight is 153 g/mol. The number of rotatable bonds is 0. The van der Waals surface area contributed by atoms with Gasteiger partial charge >= 0.3 is 0 Å². The minimum absolute atomic E-state index is 0.124. The minimum atomic E-state index is 0.124. The lowest BCUT2D eigenvalue weighted by Crippen LogP contribution is -2.16. The second kappa shape index (κ2) is 2.26. The summed E-state index contributed by atoms with van der Waals surface area (Å²) < 4.78 is 1.92. The van der Waals surface area contributed by atoms with Crippen molar-refractivity contribution in [3.63, 3.8) is 0 Å². The summed E-state index contributed by atoms with van der Waals surface area (Å²) in [7, 11) is 1.93. The maximum Gasteiger partial charge on any atom is 0.200 e. The van der Waals surface area contributed by atoms with Crippen molar-refractivity contribution in [1.29, 1.82) is 0 Å². The first-order valence-corrected chi connectivity index (χ1v) is 3.70. The Balaban J connectivity index is 3.15. The third kappa shape index (κ3) is 1.37. The van der Waals surface area contributed by atoms with Gasteiger partial charge in [-0.2, -0.15) is 0 Å². The maximum atomic E-state index is 5.59. The first kappa shape index (κ1) is 8.11. The van der Waals surface area contributed by atoms with Crippen LogP contribution < -0.4 is 5.73 Å². The van der Waals surface area contributed by atoms with Crippen LogP contribution in [-0.4, -0.2) is 9.55 Å². The molecule has 0 fully saturated rings. The molecule has 0 aliphatic rings. The molecule has 0 saturated heterocycles. The minimum Gasteiger partial charge on any atom is -0.369 e. The van der Waals surface area contributed by atoms with E-state index < -0.39 is 0 Å². The van der Waals surface area contributed by atoms with E-state index in [2.05, 4.69) is 25.8 Å². The zero-order valence-electron chi connectivity index (χ0n) is 7.55. The lowest BCUT2D eigenvalue weighted by atomic mass is 9.93. The first-order chi connectivity index (χ1) is 4.93. The Kier molecular flexibility index (Phi) is 1.66. The van der Waals surface area contributed by atoms with Crippen LogP contribution >= 0.6 is 0 Å². The molecular formula is C8H15N3. The fraction of sp³-hybridized carbons (Fsp3) is 0.625. The third-order valence-corrected chi connectivity index (χ3v) is 1.79. The van der Waals surface area contributed by atoms with Crippen LogP contribution in [0.5, 0.6) is 0 Å². The highest BCUT2D eigenvalue weighted by molar-refractivity contribution is 5.25. The SMILES string of the molecule is Cn1c(C(C)(C)C)cnc1N. The predicted molar refractivity (Wildman–Crippen MR) is 46.3 cm³/mol. The molecule has 0 aliphatic heterocycles. The molecule has 0 unspecified atom stereocenters. The summed E-state index contributed by atoms with van der Waals surface area (Å²) in [6.07, 6.45) is 1.83. The van der Waals surface area contributed by atoms with E-state index in [-0.39, 0.29) is 5.41 Å². The second-order valence-electron chi connectivity index (χ2n) is 3.81. The van der Waals surface area contributed by atoms with Gasteiger partial charge in [0.25, 0.3) is 0 Å². The van der Waals surface area contributed by atoms with E-state index in [1.807, 2.05) is 17.8 Å². The molecule has 0 spiro atoms. The summed E-state index contributed by atoms with van der Waals surface area (Å²) in [5.74, 6) is 0.579. The molecule has 0 radical (unpaired) electrons. The Morgan fingerprint density at radius 2 is 2.00 bits per heavy atom. The van der Waals surface area contributed by atoms with Crippen LogP contribution in [0.3, 0.4) is 0 Å². The van der Waals surface area contributed by atoms with E-state index in [4.69, 9.17) is 5.73 Å². The summed E-state index contributed by atoms with van der Waals surface area (Å²) in [4.78, 5) is 4.02. The Bertz CT molecular complexity index is 255. The van der Waals surface area contributed by atoms with Crippen molar-refractivity contribution >= 4 is 5.95 Å². The fourth-order valence-electron chi connectivity index (χ4n) is 1.12. The van der Waals surface area contributed by atoms with E-state index in [1.54, 1.807) is 0 Å². The summed E-state index contributed by atoms with van der Waals surface area (Å²) in [5, 5.41) is 0. The van der Waals surface area contributed by atoms with Crippen molar-refractivity contribution in [2.75, 3.05) is 5.73 Å². The fourth-order valence-corrected chi connectivity index (χ4v) is 1.12. The standard InChI is InChI=1S/C8H15N3/c1-8(2,3)6-5-10-7(9)11(6)4/h5H,1-4H3,(H2,9,10). The number of imidazole rings is 1. The van der Waals surface area contributed by atoms with Crippen molar-refractivity contribution in [2.45, 2.75) is 26.2 Å². The summed E-state index contributed by atoms with van der Waals surface area (Å²) in [6, 6.07) is 0. The predicted octanol–water partition coefficient (Wildman–Crippen LogP) is 1.30. The normalized spacial score (nSPS) is 12.0. The molecule has 0 saturated carbocycles. The Labute approximate surface area is 67.2 Å². The van der Waals surface area contributed by atoms with Crippen LogP contribution in [0.2, 0.25) is 0 Å². The van der Waals surface area contributed by atoms with Crippen molar-refractivity contribution in [1.82, 2.24) is 9.55 Å². The summed E-state index contributed by atoms with van der Waals surface area (Å²) >= 11 is 0. The van der Waals surface area contributed by atoms with Gasteiger partial charge in [-0.05, 0) is 0 Å². The highest BCUT2D eigenvalue weighted by atomic mass is 15.1. The van der Waals surface area contributed by atoms with E-state index in [1.165, 1.54) is 0 Å². The van der Waals surface area contributed by atoms with Crippen LogP contribution in [-0.2, 0) is 12.5 Å². The zero-order valence-corrected chi connectivity index (χ0v) is 7.55. The third-order valence-electron chi connectivity index (χ3n) is 1.79. The molecule has 0 bridgehead atoms. The molecule has 0 atom stereocenters.